The molecule has 0 aliphatic carbocycles. The van der Waals surface area contributed by atoms with E-state index in [-0.39, 0.29) is 11.9 Å². The highest BCUT2D eigenvalue weighted by Gasteiger charge is 1.75. The Balaban J connectivity index is 0. The van der Waals surface area contributed by atoms with Crippen LogP contribution in [0.2, 0.25) is 0 Å². The average molecular weight is 147 g/mol. The van der Waals surface area contributed by atoms with Gasteiger partial charge in [0.05, 0.1) is 7.11 Å². The Morgan fingerprint density at radius 1 is 1.30 bits per heavy atom. The van der Waals surface area contributed by atoms with E-state index in [9.17, 15) is 9.59 Å². The molecule has 0 bridgehead atoms. The number of carbonyl (C=O) groups excluding carboxylic acids is 2. The summed E-state index contributed by atoms with van der Waals surface area (Å²) in [5.41, 5.74) is 0. The highest BCUT2D eigenvalue weighted by molar-refractivity contribution is 5.72. The van der Waals surface area contributed by atoms with Crippen molar-refractivity contribution in [3.05, 3.63) is 0 Å². The first-order valence-corrected chi connectivity index (χ1v) is 2.77. The highest BCUT2D eigenvalue weighted by atomic mass is 16.5. The van der Waals surface area contributed by atoms with E-state index >= 15 is 0 Å². The first kappa shape index (κ1) is 11.7. The number of carbonyl (C=O) groups is 2. The van der Waals surface area contributed by atoms with Crippen LogP contribution in [0.4, 0.5) is 0 Å². The molecule has 0 aliphatic rings. The minimum absolute atomic E-state index is 0.00463. The van der Waals surface area contributed by atoms with Crippen LogP contribution in [0.25, 0.3) is 0 Å². The molecule has 0 aromatic rings. The van der Waals surface area contributed by atoms with Gasteiger partial charge in [-0.15, -0.1) is 0 Å². The third kappa shape index (κ3) is 28.3. The molecule has 0 rings (SSSR count). The van der Waals surface area contributed by atoms with Crippen molar-refractivity contribution in [2.75, 3.05) is 14.2 Å². The maximum absolute atomic E-state index is 9.70. The van der Waals surface area contributed by atoms with Crippen molar-refractivity contribution < 1.29 is 14.3 Å². The topological polar surface area (TPSA) is 55.4 Å². The second-order valence-electron chi connectivity index (χ2n) is 1.50. The summed E-state index contributed by atoms with van der Waals surface area (Å²) in [6.45, 7) is 2.83. The third-order valence-corrected chi connectivity index (χ3v) is 0.640. The molecule has 0 aromatic carbocycles. The standard InChI is InChI=1S/C3H7NO.C3H6O2/c1-3(5)4-2;1-3(4)5-2/h1-2H3,(H,4,5);1-2H3. The number of ether oxygens (including phenoxy) is 1. The van der Waals surface area contributed by atoms with Crippen LogP contribution in [0.1, 0.15) is 13.8 Å². The van der Waals surface area contributed by atoms with Gasteiger partial charge in [-0.1, -0.05) is 0 Å². The van der Waals surface area contributed by atoms with Crippen LogP contribution >= 0.6 is 0 Å². The quantitative estimate of drug-likeness (QED) is 0.488. The van der Waals surface area contributed by atoms with E-state index in [0.29, 0.717) is 0 Å². The van der Waals surface area contributed by atoms with Crippen LogP contribution in [0, 0.1) is 0 Å². The fourth-order valence-corrected chi connectivity index (χ4v) is 0. The lowest BCUT2D eigenvalue weighted by Gasteiger charge is -1.80. The van der Waals surface area contributed by atoms with E-state index in [2.05, 4.69) is 10.1 Å². The zero-order valence-electron chi connectivity index (χ0n) is 6.72. The minimum Gasteiger partial charge on any atom is -0.469 e. The molecule has 60 valence electrons. The van der Waals surface area contributed by atoms with E-state index in [0.717, 1.165) is 0 Å². The number of nitrogens with one attached hydrogen (secondary N) is 1. The summed E-state index contributed by atoms with van der Waals surface area (Å²) in [4.78, 5) is 19.3. The van der Waals surface area contributed by atoms with Crippen molar-refractivity contribution in [3.8, 4) is 0 Å². The van der Waals surface area contributed by atoms with Crippen LogP contribution < -0.4 is 5.32 Å². The van der Waals surface area contributed by atoms with Crippen molar-refractivity contribution in [3.63, 3.8) is 0 Å². The van der Waals surface area contributed by atoms with Crippen molar-refractivity contribution in [2.45, 2.75) is 13.8 Å². The van der Waals surface area contributed by atoms with Gasteiger partial charge in [-0.2, -0.15) is 0 Å². The van der Waals surface area contributed by atoms with E-state index in [1.54, 1.807) is 7.05 Å². The van der Waals surface area contributed by atoms with Gasteiger partial charge in [0.1, 0.15) is 0 Å². The second kappa shape index (κ2) is 7.94. The molecule has 0 aromatic heterocycles. The van der Waals surface area contributed by atoms with Gasteiger partial charge in [0.25, 0.3) is 0 Å². The molecule has 0 radical (unpaired) electrons. The Morgan fingerprint density at radius 3 is 1.50 bits per heavy atom. The fraction of sp³-hybridized carbons (Fsp3) is 0.667. The Hall–Kier alpha value is -1.06. The summed E-state index contributed by atoms with van der Waals surface area (Å²) in [7, 11) is 2.95. The second-order valence-corrected chi connectivity index (χ2v) is 1.50. The summed E-state index contributed by atoms with van der Waals surface area (Å²) in [6.07, 6.45) is 0. The molecular formula is C6H13NO3. The minimum atomic E-state index is -0.245. The van der Waals surface area contributed by atoms with Crippen molar-refractivity contribution in [1.82, 2.24) is 5.32 Å². The lowest BCUT2D eigenvalue weighted by atomic mass is 10.7. The smallest absolute Gasteiger partial charge is 0.302 e. The predicted octanol–water partition coefficient (Wildman–Crippen LogP) is -0.0684. The molecule has 0 saturated heterocycles. The number of hydrogen-bond donors (Lipinski definition) is 1. The maximum atomic E-state index is 9.70. The Morgan fingerprint density at radius 2 is 1.50 bits per heavy atom. The van der Waals surface area contributed by atoms with E-state index in [4.69, 9.17) is 0 Å². The number of hydrogen-bond acceptors (Lipinski definition) is 3. The molecular weight excluding hydrogens is 134 g/mol. The summed E-state index contributed by atoms with van der Waals surface area (Å²) >= 11 is 0. The largest absolute Gasteiger partial charge is 0.469 e. The molecule has 4 heteroatoms. The van der Waals surface area contributed by atoms with Gasteiger partial charge in [-0.05, 0) is 0 Å². The van der Waals surface area contributed by atoms with Crippen LogP contribution in [0.5, 0.6) is 0 Å². The summed E-state index contributed by atoms with van der Waals surface area (Å²) in [5.74, 6) is -0.241. The lowest BCUT2D eigenvalue weighted by molar-refractivity contribution is -0.137. The molecule has 0 atom stereocenters. The summed E-state index contributed by atoms with van der Waals surface area (Å²) < 4.78 is 4.11. The summed E-state index contributed by atoms with van der Waals surface area (Å²) in [5, 5.41) is 2.39. The molecule has 0 fully saturated rings. The van der Waals surface area contributed by atoms with E-state index < -0.39 is 0 Å². The lowest BCUT2D eigenvalue weighted by Crippen LogP contribution is -2.11. The van der Waals surface area contributed by atoms with Crippen LogP contribution in [0.15, 0.2) is 0 Å². The number of amides is 1. The van der Waals surface area contributed by atoms with E-state index in [1.165, 1.54) is 21.0 Å². The fourth-order valence-electron chi connectivity index (χ4n) is 0. The summed E-state index contributed by atoms with van der Waals surface area (Å²) in [6, 6.07) is 0. The van der Waals surface area contributed by atoms with Gasteiger partial charge in [0.15, 0.2) is 0 Å². The first-order chi connectivity index (χ1) is 4.54. The van der Waals surface area contributed by atoms with Gasteiger partial charge < -0.3 is 10.1 Å². The third-order valence-electron chi connectivity index (χ3n) is 0.640. The molecule has 0 aliphatic heterocycles. The van der Waals surface area contributed by atoms with E-state index in [1.807, 2.05) is 0 Å². The van der Waals surface area contributed by atoms with Gasteiger partial charge in [-0.25, -0.2) is 0 Å². The molecule has 0 unspecified atom stereocenters. The maximum Gasteiger partial charge on any atom is 0.302 e. The van der Waals surface area contributed by atoms with Gasteiger partial charge in [0, 0.05) is 20.9 Å². The molecule has 1 amide bonds. The Labute approximate surface area is 60.6 Å². The SMILES string of the molecule is CNC(C)=O.COC(C)=O. The molecule has 0 spiro atoms. The normalized spacial score (nSPS) is 6.80. The molecule has 4 nitrogen and oxygen atoms in total. The Kier molecular flexibility index (Phi) is 9.29. The zero-order chi connectivity index (χ0) is 8.57. The molecule has 0 heterocycles. The van der Waals surface area contributed by atoms with Gasteiger partial charge in [-0.3, -0.25) is 9.59 Å². The zero-order valence-corrected chi connectivity index (χ0v) is 6.72. The first-order valence-electron chi connectivity index (χ1n) is 2.77. The van der Waals surface area contributed by atoms with Crippen LogP contribution in [-0.4, -0.2) is 26.0 Å². The monoisotopic (exact) mass is 147 g/mol. The molecule has 1 N–H and O–H groups in total. The number of methoxy groups -OCH3 is 1. The average Bonchev–Trinajstić information content (AvgIpc) is 1.89. The Bertz CT molecular complexity index is 97.6. The predicted molar refractivity (Wildman–Crippen MR) is 37.4 cm³/mol. The molecule has 10 heavy (non-hydrogen) atoms. The van der Waals surface area contributed by atoms with Crippen LogP contribution in [0.3, 0.4) is 0 Å². The van der Waals surface area contributed by atoms with Crippen LogP contribution in [-0.2, 0) is 14.3 Å². The van der Waals surface area contributed by atoms with Crippen molar-refractivity contribution in [2.24, 2.45) is 0 Å². The molecule has 0 saturated carbocycles. The van der Waals surface area contributed by atoms with Crippen molar-refractivity contribution >= 4 is 11.9 Å². The number of rotatable bonds is 0. The van der Waals surface area contributed by atoms with Crippen molar-refractivity contribution in [1.29, 1.82) is 0 Å². The van der Waals surface area contributed by atoms with Gasteiger partial charge >= 0.3 is 5.97 Å². The number of esters is 1. The van der Waals surface area contributed by atoms with Gasteiger partial charge in [0.2, 0.25) is 5.91 Å². The highest BCUT2D eigenvalue weighted by Crippen LogP contribution is 1.60.